The molecule has 4 rings (SSSR count). The van der Waals surface area contributed by atoms with Crippen LogP contribution in [0.5, 0.6) is 0 Å². The maximum atomic E-state index is 14.0. The first-order chi connectivity index (χ1) is 13.9. The third-order valence-electron chi connectivity index (χ3n) is 4.77. The predicted octanol–water partition coefficient (Wildman–Crippen LogP) is 4.57. The van der Waals surface area contributed by atoms with E-state index in [0.717, 1.165) is 29.7 Å². The highest BCUT2D eigenvalue weighted by molar-refractivity contribution is 7.91. The normalized spacial score (nSPS) is 15.4. The molecule has 3 aromatic rings. The Morgan fingerprint density at radius 2 is 1.90 bits per heavy atom. The summed E-state index contributed by atoms with van der Waals surface area (Å²) in [4.78, 5) is 9.30. The third kappa shape index (κ3) is 4.31. The molecule has 1 aromatic carbocycles. The summed E-state index contributed by atoms with van der Waals surface area (Å²) in [6, 6.07) is 9.84. The lowest BCUT2D eigenvalue weighted by molar-refractivity contribution is 0.347. The van der Waals surface area contributed by atoms with Crippen LogP contribution in [0.15, 0.2) is 46.8 Å². The zero-order valence-electron chi connectivity index (χ0n) is 15.9. The number of nitrogens with zero attached hydrogens (tertiary/aromatic N) is 3. The second-order valence-electron chi connectivity index (χ2n) is 6.96. The van der Waals surface area contributed by atoms with Crippen LogP contribution < -0.4 is 5.32 Å². The third-order valence-corrected chi connectivity index (χ3v) is 8.24. The van der Waals surface area contributed by atoms with Crippen molar-refractivity contribution in [1.82, 2.24) is 14.3 Å². The van der Waals surface area contributed by atoms with Gasteiger partial charge in [0.15, 0.2) is 0 Å². The highest BCUT2D eigenvalue weighted by Crippen LogP contribution is 2.32. The largest absolute Gasteiger partial charge is 0.322 e. The van der Waals surface area contributed by atoms with Gasteiger partial charge in [0.25, 0.3) is 10.0 Å². The van der Waals surface area contributed by atoms with Crippen molar-refractivity contribution in [1.29, 1.82) is 0 Å². The van der Waals surface area contributed by atoms with Crippen LogP contribution in [-0.4, -0.2) is 35.8 Å². The molecule has 0 spiro atoms. The van der Waals surface area contributed by atoms with Gasteiger partial charge in [-0.3, -0.25) is 0 Å². The van der Waals surface area contributed by atoms with Crippen molar-refractivity contribution in [3.63, 3.8) is 0 Å². The summed E-state index contributed by atoms with van der Waals surface area (Å²) in [5.41, 5.74) is 1.79. The fourth-order valence-corrected chi connectivity index (χ4v) is 6.19. The molecule has 3 heterocycles. The Morgan fingerprint density at radius 3 is 2.69 bits per heavy atom. The van der Waals surface area contributed by atoms with Gasteiger partial charge in [0, 0.05) is 19.3 Å². The molecule has 1 fully saturated rings. The van der Waals surface area contributed by atoms with Crippen molar-refractivity contribution in [3.05, 3.63) is 54.0 Å². The first-order valence-electron chi connectivity index (χ1n) is 9.40. The maximum Gasteiger partial charge on any atom is 0.252 e. The molecule has 0 bridgehead atoms. The van der Waals surface area contributed by atoms with Crippen LogP contribution in [0.2, 0.25) is 0 Å². The number of hydrogen-bond acceptors (Lipinski definition) is 6. The molecule has 1 aliphatic heterocycles. The van der Waals surface area contributed by atoms with Crippen molar-refractivity contribution in [2.24, 2.45) is 0 Å². The Hall–Kier alpha value is -2.36. The van der Waals surface area contributed by atoms with Gasteiger partial charge in [-0.15, -0.1) is 11.3 Å². The van der Waals surface area contributed by atoms with Gasteiger partial charge < -0.3 is 5.32 Å². The number of sulfonamides is 1. The number of hydrogen-bond donors (Lipinski definition) is 1. The van der Waals surface area contributed by atoms with E-state index in [4.69, 9.17) is 0 Å². The van der Waals surface area contributed by atoms with Crippen molar-refractivity contribution >= 4 is 33.0 Å². The average molecular weight is 433 g/mol. The van der Waals surface area contributed by atoms with Gasteiger partial charge in [0.1, 0.15) is 10.0 Å². The Balaban J connectivity index is 1.58. The zero-order valence-corrected chi connectivity index (χ0v) is 17.6. The number of aryl methyl sites for hydroxylation is 1. The molecule has 0 amide bonds. The molecular weight excluding hydrogens is 411 g/mol. The minimum atomic E-state index is -3.48. The van der Waals surface area contributed by atoms with Gasteiger partial charge in [0.2, 0.25) is 5.95 Å². The molecule has 1 aliphatic rings. The molecule has 29 heavy (non-hydrogen) atoms. The summed E-state index contributed by atoms with van der Waals surface area (Å²) >= 11 is 1.19. The van der Waals surface area contributed by atoms with Crippen LogP contribution in [0.1, 0.15) is 24.8 Å². The summed E-state index contributed by atoms with van der Waals surface area (Å²) in [5, 5.41) is 2.89. The summed E-state index contributed by atoms with van der Waals surface area (Å²) in [6.45, 7) is 3.01. The predicted molar refractivity (Wildman–Crippen MR) is 112 cm³/mol. The fourth-order valence-electron chi connectivity index (χ4n) is 3.24. The van der Waals surface area contributed by atoms with Gasteiger partial charge in [0.05, 0.1) is 16.3 Å². The monoisotopic (exact) mass is 432 g/mol. The van der Waals surface area contributed by atoms with Gasteiger partial charge in [-0.25, -0.2) is 22.8 Å². The highest BCUT2D eigenvalue weighted by Gasteiger charge is 2.27. The van der Waals surface area contributed by atoms with Crippen LogP contribution in [-0.2, 0) is 10.0 Å². The summed E-state index contributed by atoms with van der Waals surface area (Å²) in [6.07, 6.45) is 4.43. The SMILES string of the molecule is Cc1ccc(F)c(Nc2nccc(-c3ccc(S(=O)(=O)N4CCCCC4)s3)n2)c1. The number of aromatic nitrogens is 2. The second-order valence-corrected chi connectivity index (χ2v) is 10.2. The Kier molecular flexibility index (Phi) is 5.62. The molecule has 0 saturated carbocycles. The minimum Gasteiger partial charge on any atom is -0.322 e. The number of nitrogens with one attached hydrogen (secondary N) is 1. The van der Waals surface area contributed by atoms with Crippen LogP contribution in [0.3, 0.4) is 0 Å². The molecule has 1 N–H and O–H groups in total. The average Bonchev–Trinajstić information content (AvgIpc) is 3.23. The van der Waals surface area contributed by atoms with E-state index >= 15 is 0 Å². The van der Waals surface area contributed by atoms with E-state index in [1.807, 2.05) is 6.92 Å². The number of benzene rings is 1. The van der Waals surface area contributed by atoms with Crippen LogP contribution in [0, 0.1) is 12.7 Å². The molecule has 9 heteroatoms. The Bertz CT molecular complexity index is 1130. The first kappa shape index (κ1) is 19.9. The van der Waals surface area contributed by atoms with Crippen LogP contribution in [0.25, 0.3) is 10.6 Å². The van der Waals surface area contributed by atoms with Crippen molar-refractivity contribution in [2.75, 3.05) is 18.4 Å². The number of piperidine rings is 1. The number of rotatable bonds is 5. The molecule has 6 nitrogen and oxygen atoms in total. The van der Waals surface area contributed by atoms with E-state index in [-0.39, 0.29) is 5.95 Å². The molecule has 0 aliphatic carbocycles. The lowest BCUT2D eigenvalue weighted by Crippen LogP contribution is -2.35. The highest BCUT2D eigenvalue weighted by atomic mass is 32.2. The van der Waals surface area contributed by atoms with Crippen LogP contribution in [0.4, 0.5) is 16.0 Å². The Labute approximate surface area is 173 Å². The number of anilines is 2. The minimum absolute atomic E-state index is 0.251. The van der Waals surface area contributed by atoms with Crippen LogP contribution >= 0.6 is 11.3 Å². The van der Waals surface area contributed by atoms with Crippen molar-refractivity contribution < 1.29 is 12.8 Å². The molecule has 2 aromatic heterocycles. The van der Waals surface area contributed by atoms with Crippen molar-refractivity contribution in [3.8, 4) is 10.6 Å². The van der Waals surface area contributed by atoms with Gasteiger partial charge in [-0.1, -0.05) is 12.5 Å². The molecular formula is C20H21FN4O2S2. The van der Waals surface area contributed by atoms with Gasteiger partial charge in [-0.05, 0) is 55.7 Å². The smallest absolute Gasteiger partial charge is 0.252 e. The van der Waals surface area contributed by atoms with Gasteiger partial charge >= 0.3 is 0 Å². The topological polar surface area (TPSA) is 75.2 Å². The Morgan fingerprint density at radius 1 is 1.10 bits per heavy atom. The summed E-state index contributed by atoms with van der Waals surface area (Å²) in [5.74, 6) is -0.142. The summed E-state index contributed by atoms with van der Waals surface area (Å²) < 4.78 is 41.6. The maximum absolute atomic E-state index is 14.0. The summed E-state index contributed by atoms with van der Waals surface area (Å²) in [7, 11) is -3.48. The first-order valence-corrected chi connectivity index (χ1v) is 11.7. The van der Waals surface area contributed by atoms with E-state index in [2.05, 4.69) is 15.3 Å². The zero-order chi connectivity index (χ0) is 20.4. The van der Waals surface area contributed by atoms with E-state index in [0.29, 0.717) is 28.7 Å². The standard InChI is InChI=1S/C20H21FN4O2S2/c1-14-5-6-15(21)17(13-14)24-20-22-10-9-16(23-20)18-7-8-19(28-18)29(26,27)25-11-3-2-4-12-25/h5-10,13H,2-4,11-12H2,1H3,(H,22,23,24). The second kappa shape index (κ2) is 8.17. The fraction of sp³-hybridized carbons (Fsp3) is 0.300. The molecule has 1 saturated heterocycles. The lowest BCUT2D eigenvalue weighted by atomic mass is 10.2. The van der Waals surface area contributed by atoms with Gasteiger partial charge in [-0.2, -0.15) is 4.31 Å². The van der Waals surface area contributed by atoms with E-state index < -0.39 is 15.8 Å². The van der Waals surface area contributed by atoms with E-state index in [1.165, 1.54) is 17.4 Å². The van der Waals surface area contributed by atoms with Crippen molar-refractivity contribution in [2.45, 2.75) is 30.4 Å². The number of halogens is 1. The quantitative estimate of drug-likeness (QED) is 0.639. The van der Waals surface area contributed by atoms with E-state index in [1.54, 1.807) is 40.8 Å². The molecule has 0 radical (unpaired) electrons. The van der Waals surface area contributed by atoms with E-state index in [9.17, 15) is 12.8 Å². The lowest BCUT2D eigenvalue weighted by Gasteiger charge is -2.25. The molecule has 0 atom stereocenters. The molecule has 0 unspecified atom stereocenters. The number of thiophene rings is 1. The molecule has 152 valence electrons.